The Morgan fingerprint density at radius 1 is 1.33 bits per heavy atom. The molecule has 1 atom stereocenters. The first-order valence-corrected chi connectivity index (χ1v) is 8.73. The van der Waals surface area contributed by atoms with Crippen molar-refractivity contribution in [2.75, 3.05) is 57.8 Å². The highest BCUT2D eigenvalue weighted by atomic mass is 32.2. The zero-order valence-electron chi connectivity index (χ0n) is 11.3. The summed E-state index contributed by atoms with van der Waals surface area (Å²) in [6.45, 7) is 6.38. The Morgan fingerprint density at radius 3 is 2.72 bits per heavy atom. The van der Waals surface area contributed by atoms with Crippen LogP contribution in [0.5, 0.6) is 0 Å². The van der Waals surface area contributed by atoms with Crippen LogP contribution in [0.3, 0.4) is 0 Å². The first kappa shape index (κ1) is 14.2. The Morgan fingerprint density at radius 2 is 2.06 bits per heavy atom. The molecule has 2 fully saturated rings. The second-order valence-corrected chi connectivity index (χ2v) is 7.71. The van der Waals surface area contributed by atoms with Crippen molar-refractivity contribution in [2.45, 2.75) is 18.9 Å². The summed E-state index contributed by atoms with van der Waals surface area (Å²) in [4.78, 5) is 4.68. The van der Waals surface area contributed by atoms with Crippen LogP contribution in [-0.2, 0) is 9.84 Å². The van der Waals surface area contributed by atoms with Gasteiger partial charge in [-0.3, -0.25) is 4.90 Å². The van der Waals surface area contributed by atoms with E-state index in [1.165, 1.54) is 0 Å². The van der Waals surface area contributed by atoms with Crippen molar-refractivity contribution < 1.29 is 8.42 Å². The molecule has 0 aromatic heterocycles. The van der Waals surface area contributed by atoms with Gasteiger partial charge in [-0.15, -0.1) is 0 Å². The fourth-order valence-electron chi connectivity index (χ4n) is 2.76. The third kappa shape index (κ3) is 4.19. The molecular formula is C12H25N3O2S. The lowest BCUT2D eigenvalue weighted by molar-refractivity contribution is 0.177. The minimum Gasteiger partial charge on any atom is -0.314 e. The van der Waals surface area contributed by atoms with Crippen molar-refractivity contribution in [3.63, 3.8) is 0 Å². The normalized spacial score (nSPS) is 29.6. The highest BCUT2D eigenvalue weighted by Gasteiger charge is 2.27. The van der Waals surface area contributed by atoms with Crippen LogP contribution >= 0.6 is 0 Å². The highest BCUT2D eigenvalue weighted by Crippen LogP contribution is 2.16. The van der Waals surface area contributed by atoms with Crippen molar-refractivity contribution in [1.82, 2.24) is 15.1 Å². The van der Waals surface area contributed by atoms with Gasteiger partial charge in [0.2, 0.25) is 0 Å². The lowest BCUT2D eigenvalue weighted by atomic mass is 10.1. The molecule has 0 aliphatic carbocycles. The van der Waals surface area contributed by atoms with E-state index < -0.39 is 9.84 Å². The Hall–Kier alpha value is -0.170. The van der Waals surface area contributed by atoms with Gasteiger partial charge in [0.15, 0.2) is 9.84 Å². The van der Waals surface area contributed by atoms with Crippen LogP contribution in [0.15, 0.2) is 0 Å². The minimum atomic E-state index is -2.79. The minimum absolute atomic E-state index is 0.228. The van der Waals surface area contributed by atoms with E-state index in [9.17, 15) is 8.42 Å². The number of hydrogen-bond acceptors (Lipinski definition) is 5. The number of hydrogen-bond donors (Lipinski definition) is 1. The maximum Gasteiger partial charge on any atom is 0.151 e. The number of sulfone groups is 1. The molecule has 0 aromatic carbocycles. The van der Waals surface area contributed by atoms with Crippen molar-refractivity contribution in [3.05, 3.63) is 0 Å². The molecule has 2 heterocycles. The molecule has 0 aromatic rings. The monoisotopic (exact) mass is 275 g/mol. The molecule has 6 heteroatoms. The molecule has 0 amide bonds. The number of nitrogens with one attached hydrogen (secondary N) is 1. The van der Waals surface area contributed by atoms with Crippen molar-refractivity contribution >= 4 is 9.84 Å². The van der Waals surface area contributed by atoms with E-state index in [4.69, 9.17) is 0 Å². The summed E-state index contributed by atoms with van der Waals surface area (Å²) in [7, 11) is -0.722. The van der Waals surface area contributed by atoms with Crippen molar-refractivity contribution in [3.8, 4) is 0 Å². The second kappa shape index (κ2) is 6.32. The van der Waals surface area contributed by atoms with Gasteiger partial charge in [0.25, 0.3) is 0 Å². The Kier molecular flexibility index (Phi) is 5.00. The fourth-order valence-corrected chi connectivity index (χ4v) is 4.54. The molecule has 0 spiro atoms. The quantitative estimate of drug-likeness (QED) is 0.742. The van der Waals surface area contributed by atoms with Crippen LogP contribution in [0.25, 0.3) is 0 Å². The van der Waals surface area contributed by atoms with E-state index in [0.717, 1.165) is 52.1 Å². The summed E-state index contributed by atoms with van der Waals surface area (Å²) in [5.41, 5.74) is 0. The van der Waals surface area contributed by atoms with Gasteiger partial charge in [0, 0.05) is 45.3 Å². The molecule has 2 rings (SSSR count). The van der Waals surface area contributed by atoms with E-state index in [2.05, 4.69) is 22.2 Å². The molecule has 2 aliphatic rings. The Balaban J connectivity index is 1.75. The molecule has 2 saturated heterocycles. The maximum absolute atomic E-state index is 11.6. The number of nitrogens with zero attached hydrogens (tertiary/aromatic N) is 2. The molecule has 5 nitrogen and oxygen atoms in total. The molecule has 1 unspecified atom stereocenters. The Labute approximate surface area is 110 Å². The highest BCUT2D eigenvalue weighted by molar-refractivity contribution is 7.91. The zero-order chi connectivity index (χ0) is 13.0. The van der Waals surface area contributed by atoms with E-state index >= 15 is 0 Å². The Bertz CT molecular complexity index is 352. The molecule has 106 valence electrons. The summed E-state index contributed by atoms with van der Waals surface area (Å²) in [6, 6.07) is 0.228. The predicted molar refractivity (Wildman–Crippen MR) is 73.6 cm³/mol. The van der Waals surface area contributed by atoms with Crippen molar-refractivity contribution in [2.24, 2.45) is 0 Å². The summed E-state index contributed by atoms with van der Waals surface area (Å²) < 4.78 is 23.3. The standard InChI is InChI=1S/C12H25N3O2S/c1-14(8-9-15-6-4-13-5-7-15)12-3-2-10-18(16,17)11-12/h12-13H,2-11H2,1H3. The van der Waals surface area contributed by atoms with E-state index in [0.29, 0.717) is 11.5 Å². The topological polar surface area (TPSA) is 52.6 Å². The smallest absolute Gasteiger partial charge is 0.151 e. The molecule has 0 radical (unpaired) electrons. The zero-order valence-corrected chi connectivity index (χ0v) is 12.1. The SMILES string of the molecule is CN(CCN1CCNCC1)C1CCCS(=O)(=O)C1. The average molecular weight is 275 g/mol. The van der Waals surface area contributed by atoms with Gasteiger partial charge in [-0.1, -0.05) is 0 Å². The van der Waals surface area contributed by atoms with Crippen LogP contribution in [-0.4, -0.2) is 82.1 Å². The molecule has 18 heavy (non-hydrogen) atoms. The van der Waals surface area contributed by atoms with Gasteiger partial charge in [0.1, 0.15) is 0 Å². The third-order valence-corrected chi connectivity index (χ3v) is 5.84. The van der Waals surface area contributed by atoms with Crippen LogP contribution in [0.1, 0.15) is 12.8 Å². The van der Waals surface area contributed by atoms with Crippen molar-refractivity contribution in [1.29, 1.82) is 0 Å². The lowest BCUT2D eigenvalue weighted by Crippen LogP contribution is -2.48. The molecule has 0 saturated carbocycles. The molecule has 0 bridgehead atoms. The largest absolute Gasteiger partial charge is 0.314 e. The second-order valence-electron chi connectivity index (χ2n) is 5.48. The fraction of sp³-hybridized carbons (Fsp3) is 1.00. The number of piperazine rings is 1. The van der Waals surface area contributed by atoms with E-state index in [1.54, 1.807) is 0 Å². The van der Waals surface area contributed by atoms with Gasteiger partial charge in [-0.25, -0.2) is 8.42 Å². The maximum atomic E-state index is 11.6. The van der Waals surface area contributed by atoms with Gasteiger partial charge < -0.3 is 10.2 Å². The van der Waals surface area contributed by atoms with Crippen LogP contribution in [0.4, 0.5) is 0 Å². The van der Waals surface area contributed by atoms with Gasteiger partial charge >= 0.3 is 0 Å². The summed E-state index contributed by atoms with van der Waals surface area (Å²) in [6.07, 6.45) is 1.85. The van der Waals surface area contributed by atoms with Crippen LogP contribution in [0, 0.1) is 0 Å². The summed E-state index contributed by atoms with van der Waals surface area (Å²) in [5, 5.41) is 3.34. The first-order valence-electron chi connectivity index (χ1n) is 6.90. The summed E-state index contributed by atoms with van der Waals surface area (Å²) in [5.74, 6) is 0.736. The van der Waals surface area contributed by atoms with E-state index in [1.807, 2.05) is 0 Å². The number of likely N-dealkylation sites (N-methyl/N-ethyl adjacent to an activating group) is 1. The van der Waals surface area contributed by atoms with Crippen LogP contribution in [0.2, 0.25) is 0 Å². The van der Waals surface area contributed by atoms with Gasteiger partial charge in [-0.2, -0.15) is 0 Å². The molecular weight excluding hydrogens is 250 g/mol. The third-order valence-electron chi connectivity index (χ3n) is 4.04. The van der Waals surface area contributed by atoms with E-state index in [-0.39, 0.29) is 6.04 Å². The average Bonchev–Trinajstić information content (AvgIpc) is 2.36. The van der Waals surface area contributed by atoms with Crippen LogP contribution < -0.4 is 5.32 Å². The molecule has 1 N–H and O–H groups in total. The first-order chi connectivity index (χ1) is 8.57. The molecule has 2 aliphatic heterocycles. The predicted octanol–water partition coefficient (Wildman–Crippen LogP) is -0.599. The lowest BCUT2D eigenvalue weighted by Gasteiger charge is -2.34. The van der Waals surface area contributed by atoms with Gasteiger partial charge in [-0.05, 0) is 19.9 Å². The summed E-state index contributed by atoms with van der Waals surface area (Å²) >= 11 is 0. The number of rotatable bonds is 4. The van der Waals surface area contributed by atoms with Gasteiger partial charge in [0.05, 0.1) is 11.5 Å².